The predicted octanol–water partition coefficient (Wildman–Crippen LogP) is 2.44. The first kappa shape index (κ1) is 21.0. The highest BCUT2D eigenvalue weighted by atomic mass is 35.5. The number of hydrogen-bond donors (Lipinski definition) is 2. The summed E-state index contributed by atoms with van der Waals surface area (Å²) in [6.07, 6.45) is 4.41. The Bertz CT molecular complexity index is 808. The molecular formula is C21H30ClN5O. The maximum atomic E-state index is 12.2. The van der Waals surface area contributed by atoms with Crippen LogP contribution in [-0.2, 0) is 11.3 Å². The number of para-hydroxylation sites is 2. The standard InChI is InChI=1S/C21H29N5O.ClH/c1-15-20(25-18-8-3-2-7-17(18)24-15)14-26-11-5-6-16(13-26)12-23-21(27)19-9-4-10-22-19;/h2-3,7-8,16,19,22H,4-6,9-14H2,1H3,(H,23,27);1H. The number of hydrogen-bond acceptors (Lipinski definition) is 5. The van der Waals surface area contributed by atoms with E-state index in [1.54, 1.807) is 0 Å². The fourth-order valence-corrected chi connectivity index (χ4v) is 4.22. The molecule has 0 spiro atoms. The first-order chi connectivity index (χ1) is 13.2. The van der Waals surface area contributed by atoms with Gasteiger partial charge in [0.2, 0.25) is 5.91 Å². The lowest BCUT2D eigenvalue weighted by Gasteiger charge is -2.33. The van der Waals surface area contributed by atoms with E-state index in [4.69, 9.17) is 9.97 Å². The highest BCUT2D eigenvalue weighted by molar-refractivity contribution is 5.85. The minimum atomic E-state index is 0. The van der Waals surface area contributed by atoms with Gasteiger partial charge in [-0.2, -0.15) is 0 Å². The van der Waals surface area contributed by atoms with Crippen molar-refractivity contribution >= 4 is 29.3 Å². The van der Waals surface area contributed by atoms with Gasteiger partial charge in [0, 0.05) is 19.6 Å². The van der Waals surface area contributed by atoms with Crippen molar-refractivity contribution in [1.29, 1.82) is 0 Å². The molecule has 2 aliphatic heterocycles. The molecule has 4 rings (SSSR count). The van der Waals surface area contributed by atoms with E-state index in [-0.39, 0.29) is 24.4 Å². The van der Waals surface area contributed by atoms with Crippen LogP contribution in [0.4, 0.5) is 0 Å². The van der Waals surface area contributed by atoms with E-state index < -0.39 is 0 Å². The number of fused-ring (bicyclic) bond motifs is 1. The highest BCUT2D eigenvalue weighted by Gasteiger charge is 2.25. The van der Waals surface area contributed by atoms with Crippen LogP contribution < -0.4 is 10.6 Å². The third-order valence-electron chi connectivity index (χ3n) is 5.76. The molecule has 1 aromatic heterocycles. The van der Waals surface area contributed by atoms with Gasteiger partial charge in [0.05, 0.1) is 28.5 Å². The van der Waals surface area contributed by atoms with Crippen molar-refractivity contribution in [3.05, 3.63) is 35.7 Å². The zero-order chi connectivity index (χ0) is 18.6. The molecule has 0 aliphatic carbocycles. The molecule has 28 heavy (non-hydrogen) atoms. The van der Waals surface area contributed by atoms with Crippen molar-refractivity contribution in [3.8, 4) is 0 Å². The number of aromatic nitrogens is 2. The number of piperidine rings is 1. The molecule has 2 aromatic rings. The number of likely N-dealkylation sites (tertiary alicyclic amines) is 1. The van der Waals surface area contributed by atoms with E-state index in [1.165, 1.54) is 12.8 Å². The molecule has 1 aromatic carbocycles. The number of rotatable bonds is 5. The largest absolute Gasteiger partial charge is 0.354 e. The lowest BCUT2D eigenvalue weighted by atomic mass is 9.97. The number of nitrogens with one attached hydrogen (secondary N) is 2. The topological polar surface area (TPSA) is 70.2 Å². The zero-order valence-electron chi connectivity index (χ0n) is 16.5. The molecule has 2 saturated heterocycles. The molecule has 2 unspecified atom stereocenters. The number of nitrogens with zero attached hydrogens (tertiary/aromatic N) is 3. The molecule has 2 atom stereocenters. The van der Waals surface area contributed by atoms with Crippen LogP contribution in [0.15, 0.2) is 24.3 Å². The molecule has 1 amide bonds. The SMILES string of the molecule is Cc1nc2ccccc2nc1CN1CCCC(CNC(=O)C2CCCN2)C1.Cl. The summed E-state index contributed by atoms with van der Waals surface area (Å²) in [5.74, 6) is 0.679. The van der Waals surface area contributed by atoms with Gasteiger partial charge in [-0.25, -0.2) is 9.97 Å². The third kappa shape index (κ3) is 4.99. The van der Waals surface area contributed by atoms with Gasteiger partial charge in [-0.1, -0.05) is 12.1 Å². The third-order valence-corrected chi connectivity index (χ3v) is 5.76. The van der Waals surface area contributed by atoms with Gasteiger partial charge < -0.3 is 10.6 Å². The second-order valence-corrected chi connectivity index (χ2v) is 7.88. The average molecular weight is 404 g/mol. The molecule has 2 fully saturated rings. The molecular weight excluding hydrogens is 374 g/mol. The quantitative estimate of drug-likeness (QED) is 0.802. The van der Waals surface area contributed by atoms with Crippen LogP contribution in [0.5, 0.6) is 0 Å². The fraction of sp³-hybridized carbons (Fsp3) is 0.571. The Kier molecular flexibility index (Phi) is 7.21. The number of halogens is 1. The lowest BCUT2D eigenvalue weighted by Crippen LogP contribution is -2.45. The highest BCUT2D eigenvalue weighted by Crippen LogP contribution is 2.20. The summed E-state index contributed by atoms with van der Waals surface area (Å²) in [4.78, 5) is 24.2. The van der Waals surface area contributed by atoms with Crippen molar-refractivity contribution in [2.24, 2.45) is 5.92 Å². The Balaban J connectivity index is 0.00000225. The molecule has 0 radical (unpaired) electrons. The molecule has 152 valence electrons. The van der Waals surface area contributed by atoms with Gasteiger partial charge in [-0.3, -0.25) is 9.69 Å². The van der Waals surface area contributed by atoms with Crippen LogP contribution in [0.2, 0.25) is 0 Å². The van der Waals surface area contributed by atoms with Crippen LogP contribution in [0.3, 0.4) is 0 Å². The second kappa shape index (κ2) is 9.63. The fourth-order valence-electron chi connectivity index (χ4n) is 4.22. The van der Waals surface area contributed by atoms with Gasteiger partial charge in [0.1, 0.15) is 0 Å². The summed E-state index contributed by atoms with van der Waals surface area (Å²) in [5, 5.41) is 6.43. The van der Waals surface area contributed by atoms with Crippen LogP contribution in [-0.4, -0.2) is 53.0 Å². The zero-order valence-corrected chi connectivity index (χ0v) is 17.3. The van der Waals surface area contributed by atoms with E-state index in [1.807, 2.05) is 31.2 Å². The molecule has 0 saturated carbocycles. The molecule has 2 N–H and O–H groups in total. The van der Waals surface area contributed by atoms with E-state index in [0.29, 0.717) is 5.92 Å². The second-order valence-electron chi connectivity index (χ2n) is 7.88. The number of benzene rings is 1. The molecule has 7 heteroatoms. The number of carbonyl (C=O) groups is 1. The normalized spacial score (nSPS) is 22.8. The van der Waals surface area contributed by atoms with Gasteiger partial charge in [-0.05, 0) is 63.7 Å². The summed E-state index contributed by atoms with van der Waals surface area (Å²) in [7, 11) is 0. The average Bonchev–Trinajstić information content (AvgIpc) is 3.22. The maximum Gasteiger partial charge on any atom is 0.237 e. The molecule has 0 bridgehead atoms. The summed E-state index contributed by atoms with van der Waals surface area (Å²) in [5.41, 5.74) is 3.99. The predicted molar refractivity (Wildman–Crippen MR) is 114 cm³/mol. The smallest absolute Gasteiger partial charge is 0.237 e. The van der Waals surface area contributed by atoms with Gasteiger partial charge in [0.25, 0.3) is 0 Å². The Morgan fingerprint density at radius 3 is 2.75 bits per heavy atom. The van der Waals surface area contributed by atoms with Crippen molar-refractivity contribution in [3.63, 3.8) is 0 Å². The van der Waals surface area contributed by atoms with Gasteiger partial charge in [-0.15, -0.1) is 12.4 Å². The van der Waals surface area contributed by atoms with E-state index in [0.717, 1.165) is 68.0 Å². The van der Waals surface area contributed by atoms with Crippen molar-refractivity contribution in [2.75, 3.05) is 26.2 Å². The van der Waals surface area contributed by atoms with Crippen LogP contribution in [0.1, 0.15) is 37.1 Å². The monoisotopic (exact) mass is 403 g/mol. The Labute approximate surface area is 172 Å². The first-order valence-electron chi connectivity index (χ1n) is 10.1. The summed E-state index contributed by atoms with van der Waals surface area (Å²) in [6.45, 7) is 6.70. The Morgan fingerprint density at radius 1 is 1.21 bits per heavy atom. The minimum absolute atomic E-state index is 0. The van der Waals surface area contributed by atoms with Gasteiger partial charge in [0.15, 0.2) is 0 Å². The Morgan fingerprint density at radius 2 is 2.00 bits per heavy atom. The summed E-state index contributed by atoms with van der Waals surface area (Å²) in [6, 6.07) is 8.06. The molecule has 3 heterocycles. The maximum absolute atomic E-state index is 12.2. The van der Waals surface area contributed by atoms with E-state index >= 15 is 0 Å². The van der Waals surface area contributed by atoms with E-state index in [9.17, 15) is 4.79 Å². The van der Waals surface area contributed by atoms with Crippen LogP contribution in [0.25, 0.3) is 11.0 Å². The number of amides is 1. The number of aryl methyl sites for hydroxylation is 1. The molecule has 2 aliphatic rings. The summed E-state index contributed by atoms with van der Waals surface area (Å²) >= 11 is 0. The number of carbonyl (C=O) groups excluding carboxylic acids is 1. The van der Waals surface area contributed by atoms with Crippen LogP contribution in [0, 0.1) is 12.8 Å². The van der Waals surface area contributed by atoms with Gasteiger partial charge >= 0.3 is 0 Å². The lowest BCUT2D eigenvalue weighted by molar-refractivity contribution is -0.123. The first-order valence-corrected chi connectivity index (χ1v) is 10.1. The van der Waals surface area contributed by atoms with Crippen molar-refractivity contribution in [2.45, 2.75) is 45.2 Å². The van der Waals surface area contributed by atoms with Crippen molar-refractivity contribution in [1.82, 2.24) is 25.5 Å². The minimum Gasteiger partial charge on any atom is -0.354 e. The molecule has 6 nitrogen and oxygen atoms in total. The van der Waals surface area contributed by atoms with E-state index in [2.05, 4.69) is 15.5 Å². The van der Waals surface area contributed by atoms with Crippen LogP contribution >= 0.6 is 12.4 Å². The summed E-state index contributed by atoms with van der Waals surface area (Å²) < 4.78 is 0. The Hall–Kier alpha value is -1.76. The van der Waals surface area contributed by atoms with Crippen molar-refractivity contribution < 1.29 is 4.79 Å².